The molecule has 0 saturated heterocycles. The van der Waals surface area contributed by atoms with Crippen molar-refractivity contribution in [2.24, 2.45) is 11.7 Å². The molecule has 2 amide bonds. The van der Waals surface area contributed by atoms with E-state index in [0.717, 1.165) is 18.4 Å². The number of aryl methyl sites for hydroxylation is 2. The van der Waals surface area contributed by atoms with Gasteiger partial charge in [0.15, 0.2) is 0 Å². The molecule has 0 spiro atoms. The summed E-state index contributed by atoms with van der Waals surface area (Å²) in [6.45, 7) is 2.51. The molecule has 4 N–H and O–H groups in total. The highest BCUT2D eigenvalue weighted by Crippen LogP contribution is 2.32. The highest BCUT2D eigenvalue weighted by molar-refractivity contribution is 5.84. The van der Waals surface area contributed by atoms with Crippen molar-refractivity contribution in [2.75, 3.05) is 13.1 Å². The maximum absolute atomic E-state index is 11.8. The molecule has 5 heteroatoms. The maximum Gasteiger partial charge on any atom is 0.239 e. The van der Waals surface area contributed by atoms with E-state index in [1.165, 1.54) is 5.56 Å². The second-order valence-corrected chi connectivity index (χ2v) is 6.01. The van der Waals surface area contributed by atoms with Crippen molar-refractivity contribution in [3.05, 3.63) is 35.4 Å². The number of nitrogens with one attached hydrogen (secondary N) is 2. The summed E-state index contributed by atoms with van der Waals surface area (Å²) < 4.78 is 0. The summed E-state index contributed by atoms with van der Waals surface area (Å²) in [5, 5.41) is 5.55. The van der Waals surface area contributed by atoms with E-state index < -0.39 is 0 Å². The number of hydrogen-bond acceptors (Lipinski definition) is 3. The maximum atomic E-state index is 11.8. The normalized spacial score (nSPS) is 15.2. The SMILES string of the molecule is Cc1ccc(CCC(=O)NCC(=O)NC(CN)C2CC2)cc1. The van der Waals surface area contributed by atoms with Crippen LogP contribution < -0.4 is 16.4 Å². The molecule has 0 aromatic heterocycles. The molecule has 5 nitrogen and oxygen atoms in total. The summed E-state index contributed by atoms with van der Waals surface area (Å²) in [7, 11) is 0. The molecular weight excluding hydrogens is 278 g/mol. The van der Waals surface area contributed by atoms with Crippen LogP contribution in [0.15, 0.2) is 24.3 Å². The van der Waals surface area contributed by atoms with E-state index in [9.17, 15) is 9.59 Å². The van der Waals surface area contributed by atoms with Crippen molar-refractivity contribution in [2.45, 2.75) is 38.6 Å². The van der Waals surface area contributed by atoms with Gasteiger partial charge in [-0.15, -0.1) is 0 Å². The van der Waals surface area contributed by atoms with E-state index in [-0.39, 0.29) is 24.4 Å². The van der Waals surface area contributed by atoms with Gasteiger partial charge in [-0.25, -0.2) is 0 Å². The summed E-state index contributed by atoms with van der Waals surface area (Å²) in [6, 6.07) is 8.17. The van der Waals surface area contributed by atoms with Crippen molar-refractivity contribution < 1.29 is 9.59 Å². The number of carbonyl (C=O) groups is 2. The molecule has 1 saturated carbocycles. The van der Waals surface area contributed by atoms with E-state index >= 15 is 0 Å². The molecule has 0 aliphatic heterocycles. The van der Waals surface area contributed by atoms with Gasteiger partial charge >= 0.3 is 0 Å². The van der Waals surface area contributed by atoms with Crippen molar-refractivity contribution in [3.63, 3.8) is 0 Å². The Balaban J connectivity index is 1.64. The monoisotopic (exact) mass is 303 g/mol. The molecule has 0 heterocycles. The minimum absolute atomic E-state index is 0.0238. The number of rotatable bonds is 8. The smallest absolute Gasteiger partial charge is 0.239 e. The van der Waals surface area contributed by atoms with E-state index in [1.807, 2.05) is 31.2 Å². The van der Waals surface area contributed by atoms with Gasteiger partial charge in [-0.05, 0) is 37.7 Å². The Kier molecular flexibility index (Phi) is 5.95. The molecule has 1 fully saturated rings. The second kappa shape index (κ2) is 7.94. The highest BCUT2D eigenvalue weighted by Gasteiger charge is 2.31. The first-order valence-corrected chi connectivity index (χ1v) is 7.90. The predicted molar refractivity (Wildman–Crippen MR) is 86.2 cm³/mol. The topological polar surface area (TPSA) is 84.2 Å². The van der Waals surface area contributed by atoms with Crippen LogP contribution in [-0.4, -0.2) is 30.9 Å². The predicted octanol–water partition coefficient (Wildman–Crippen LogP) is 0.897. The van der Waals surface area contributed by atoms with Gasteiger partial charge in [0.2, 0.25) is 11.8 Å². The fourth-order valence-electron chi connectivity index (χ4n) is 2.41. The van der Waals surface area contributed by atoms with Gasteiger partial charge in [0, 0.05) is 19.0 Å². The van der Waals surface area contributed by atoms with Crippen LogP contribution >= 0.6 is 0 Å². The molecular formula is C17H25N3O2. The van der Waals surface area contributed by atoms with Crippen LogP contribution in [0.3, 0.4) is 0 Å². The number of benzene rings is 1. The van der Waals surface area contributed by atoms with E-state index in [1.54, 1.807) is 0 Å². The van der Waals surface area contributed by atoms with Gasteiger partial charge in [-0.1, -0.05) is 29.8 Å². The fraction of sp³-hybridized carbons (Fsp3) is 0.529. The van der Waals surface area contributed by atoms with Gasteiger partial charge in [0.25, 0.3) is 0 Å². The summed E-state index contributed by atoms with van der Waals surface area (Å²) in [5.74, 6) is 0.253. The Hall–Kier alpha value is -1.88. The van der Waals surface area contributed by atoms with Gasteiger partial charge in [0.1, 0.15) is 0 Å². The van der Waals surface area contributed by atoms with Crippen LogP contribution in [0.25, 0.3) is 0 Å². The Morgan fingerprint density at radius 1 is 1.23 bits per heavy atom. The van der Waals surface area contributed by atoms with Crippen LogP contribution in [-0.2, 0) is 16.0 Å². The Morgan fingerprint density at radius 3 is 2.50 bits per heavy atom. The number of carbonyl (C=O) groups excluding carboxylic acids is 2. The van der Waals surface area contributed by atoms with Gasteiger partial charge < -0.3 is 16.4 Å². The van der Waals surface area contributed by atoms with E-state index in [4.69, 9.17) is 5.73 Å². The Labute approximate surface area is 131 Å². The lowest BCUT2D eigenvalue weighted by Crippen LogP contribution is -2.46. The average molecular weight is 303 g/mol. The zero-order valence-corrected chi connectivity index (χ0v) is 13.1. The minimum atomic E-state index is -0.161. The van der Waals surface area contributed by atoms with E-state index in [2.05, 4.69) is 10.6 Å². The van der Waals surface area contributed by atoms with Crippen molar-refractivity contribution in [3.8, 4) is 0 Å². The number of amides is 2. The minimum Gasteiger partial charge on any atom is -0.350 e. The fourth-order valence-corrected chi connectivity index (χ4v) is 2.41. The first-order valence-electron chi connectivity index (χ1n) is 7.90. The molecule has 0 bridgehead atoms. The molecule has 1 aliphatic rings. The van der Waals surface area contributed by atoms with Crippen LogP contribution in [0.1, 0.15) is 30.4 Å². The van der Waals surface area contributed by atoms with Gasteiger partial charge in [-0.3, -0.25) is 9.59 Å². The molecule has 2 rings (SSSR count). The van der Waals surface area contributed by atoms with Crippen LogP contribution in [0.5, 0.6) is 0 Å². The summed E-state index contributed by atoms with van der Waals surface area (Å²) in [4.78, 5) is 23.6. The van der Waals surface area contributed by atoms with Crippen LogP contribution in [0, 0.1) is 12.8 Å². The largest absolute Gasteiger partial charge is 0.350 e. The third kappa shape index (κ3) is 5.48. The zero-order chi connectivity index (χ0) is 15.9. The van der Waals surface area contributed by atoms with Crippen molar-refractivity contribution >= 4 is 11.8 Å². The number of hydrogen-bond donors (Lipinski definition) is 3. The van der Waals surface area contributed by atoms with E-state index in [0.29, 0.717) is 25.3 Å². The standard InChI is InChI=1S/C17H25N3O2/c1-12-2-4-13(5-3-12)6-9-16(21)19-11-17(22)20-15(10-18)14-7-8-14/h2-5,14-15H,6-11,18H2,1H3,(H,19,21)(H,20,22). The molecule has 120 valence electrons. The molecule has 22 heavy (non-hydrogen) atoms. The molecule has 1 aliphatic carbocycles. The first kappa shape index (κ1) is 16.5. The third-order valence-corrected chi connectivity index (χ3v) is 4.00. The number of nitrogens with two attached hydrogens (primary N) is 1. The van der Waals surface area contributed by atoms with Crippen LogP contribution in [0.4, 0.5) is 0 Å². The molecule has 1 atom stereocenters. The first-order chi connectivity index (χ1) is 10.6. The summed E-state index contributed by atoms with van der Waals surface area (Å²) in [5.41, 5.74) is 7.97. The Morgan fingerprint density at radius 2 is 1.91 bits per heavy atom. The van der Waals surface area contributed by atoms with Gasteiger partial charge in [0.05, 0.1) is 6.54 Å². The molecule has 1 aromatic rings. The molecule has 1 aromatic carbocycles. The second-order valence-electron chi connectivity index (χ2n) is 6.01. The average Bonchev–Trinajstić information content (AvgIpc) is 3.34. The van der Waals surface area contributed by atoms with Crippen molar-refractivity contribution in [1.29, 1.82) is 0 Å². The molecule has 1 unspecified atom stereocenters. The summed E-state index contributed by atoms with van der Waals surface area (Å²) in [6.07, 6.45) is 3.33. The lowest BCUT2D eigenvalue weighted by Gasteiger charge is -2.16. The van der Waals surface area contributed by atoms with Crippen LogP contribution in [0.2, 0.25) is 0 Å². The quantitative estimate of drug-likeness (QED) is 0.667. The summed E-state index contributed by atoms with van der Waals surface area (Å²) >= 11 is 0. The highest BCUT2D eigenvalue weighted by atomic mass is 16.2. The Bertz CT molecular complexity index is 509. The zero-order valence-electron chi connectivity index (χ0n) is 13.1. The van der Waals surface area contributed by atoms with Gasteiger partial charge in [-0.2, -0.15) is 0 Å². The lowest BCUT2D eigenvalue weighted by molar-refractivity contribution is -0.126. The lowest BCUT2D eigenvalue weighted by atomic mass is 10.1. The third-order valence-electron chi connectivity index (χ3n) is 4.00. The van der Waals surface area contributed by atoms with Crippen molar-refractivity contribution in [1.82, 2.24) is 10.6 Å². The molecule has 0 radical (unpaired) electrons.